The fourth-order valence-corrected chi connectivity index (χ4v) is 1.88. The second-order valence-electron chi connectivity index (χ2n) is 3.27. The first-order valence-electron chi connectivity index (χ1n) is 4.53. The van der Waals surface area contributed by atoms with Gasteiger partial charge < -0.3 is 4.90 Å². The summed E-state index contributed by atoms with van der Waals surface area (Å²) >= 11 is 5.25. The topological polar surface area (TPSA) is 16.1 Å². The molecule has 0 amide bonds. The highest BCUT2D eigenvalue weighted by molar-refractivity contribution is 7.80. The third-order valence-electron chi connectivity index (χ3n) is 2.29. The van der Waals surface area contributed by atoms with E-state index in [1.807, 2.05) is 24.5 Å². The zero-order valence-electron chi connectivity index (χ0n) is 7.44. The fraction of sp³-hybridized carbons (Fsp3) is 0.400. The Morgan fingerprint density at radius 3 is 2.77 bits per heavy atom. The van der Waals surface area contributed by atoms with E-state index in [-0.39, 0.29) is 0 Å². The number of likely N-dealkylation sites (tertiary alicyclic amines) is 1. The van der Waals surface area contributed by atoms with Crippen molar-refractivity contribution in [1.82, 2.24) is 9.88 Å². The average molecular weight is 192 g/mol. The number of rotatable bonds is 2. The maximum absolute atomic E-state index is 5.25. The van der Waals surface area contributed by atoms with Crippen LogP contribution in [0.15, 0.2) is 24.5 Å². The van der Waals surface area contributed by atoms with Crippen LogP contribution in [-0.2, 0) is 6.54 Å². The van der Waals surface area contributed by atoms with Gasteiger partial charge in [-0.1, -0.05) is 12.2 Å². The predicted molar refractivity (Wildman–Crippen MR) is 56.5 cm³/mol. The molecule has 1 aromatic rings. The Bertz CT molecular complexity index is 297. The van der Waals surface area contributed by atoms with Crippen LogP contribution in [0.2, 0.25) is 0 Å². The lowest BCUT2D eigenvalue weighted by atomic mass is 10.2. The minimum absolute atomic E-state index is 0.946. The van der Waals surface area contributed by atoms with Gasteiger partial charge in [-0.05, 0) is 30.5 Å². The predicted octanol–water partition coefficient (Wildman–Crippen LogP) is 2.00. The molecule has 1 aliphatic rings. The molecule has 68 valence electrons. The van der Waals surface area contributed by atoms with Crippen LogP contribution in [-0.4, -0.2) is 21.4 Å². The van der Waals surface area contributed by atoms with Gasteiger partial charge >= 0.3 is 0 Å². The van der Waals surface area contributed by atoms with Gasteiger partial charge in [0.15, 0.2) is 0 Å². The molecular formula is C10H12N2S. The summed E-state index contributed by atoms with van der Waals surface area (Å²) in [6.45, 7) is 2.06. The summed E-state index contributed by atoms with van der Waals surface area (Å²) < 4.78 is 0. The normalized spacial score (nSPS) is 16.6. The zero-order valence-corrected chi connectivity index (χ0v) is 8.26. The Hall–Kier alpha value is -0.960. The summed E-state index contributed by atoms with van der Waals surface area (Å²) in [7, 11) is 0. The fourth-order valence-electron chi connectivity index (χ4n) is 1.58. The van der Waals surface area contributed by atoms with Gasteiger partial charge in [0.2, 0.25) is 0 Å². The van der Waals surface area contributed by atoms with E-state index in [1.165, 1.54) is 12.0 Å². The molecule has 0 unspecified atom stereocenters. The van der Waals surface area contributed by atoms with Crippen molar-refractivity contribution in [1.29, 1.82) is 0 Å². The van der Waals surface area contributed by atoms with Gasteiger partial charge in [0.25, 0.3) is 0 Å². The van der Waals surface area contributed by atoms with Crippen molar-refractivity contribution in [3.63, 3.8) is 0 Å². The van der Waals surface area contributed by atoms with Gasteiger partial charge in [-0.3, -0.25) is 4.98 Å². The molecule has 0 aliphatic carbocycles. The Labute approximate surface area is 83.6 Å². The van der Waals surface area contributed by atoms with Crippen LogP contribution in [0.3, 0.4) is 0 Å². The molecule has 1 aliphatic heterocycles. The Morgan fingerprint density at radius 1 is 1.38 bits per heavy atom. The lowest BCUT2D eigenvalue weighted by molar-refractivity contribution is 0.454. The average Bonchev–Trinajstić information content (AvgIpc) is 2.54. The molecule has 0 saturated carbocycles. The maximum Gasteiger partial charge on any atom is 0.0782 e. The SMILES string of the molecule is S=C1CCCN1Cc1ccncc1. The summed E-state index contributed by atoms with van der Waals surface area (Å²) in [5, 5.41) is 0. The molecule has 2 heterocycles. The third-order valence-corrected chi connectivity index (χ3v) is 2.76. The smallest absolute Gasteiger partial charge is 0.0782 e. The zero-order chi connectivity index (χ0) is 9.10. The van der Waals surface area contributed by atoms with Gasteiger partial charge in [-0.25, -0.2) is 0 Å². The second-order valence-corrected chi connectivity index (χ2v) is 3.75. The van der Waals surface area contributed by atoms with Crippen LogP contribution >= 0.6 is 12.2 Å². The maximum atomic E-state index is 5.25. The number of hydrogen-bond donors (Lipinski definition) is 0. The molecule has 1 aromatic heterocycles. The van der Waals surface area contributed by atoms with Crippen LogP contribution in [0.4, 0.5) is 0 Å². The van der Waals surface area contributed by atoms with Crippen molar-refractivity contribution in [2.24, 2.45) is 0 Å². The molecule has 1 fully saturated rings. The summed E-state index contributed by atoms with van der Waals surface area (Å²) in [5.41, 5.74) is 1.29. The van der Waals surface area contributed by atoms with Gasteiger partial charge in [-0.15, -0.1) is 0 Å². The highest BCUT2D eigenvalue weighted by Crippen LogP contribution is 2.14. The molecule has 2 nitrogen and oxygen atoms in total. The minimum atomic E-state index is 0.946. The molecule has 0 spiro atoms. The van der Waals surface area contributed by atoms with Crippen LogP contribution in [0.25, 0.3) is 0 Å². The van der Waals surface area contributed by atoms with Gasteiger partial charge in [0.1, 0.15) is 0 Å². The first kappa shape index (κ1) is 8.63. The van der Waals surface area contributed by atoms with E-state index in [1.54, 1.807) is 0 Å². The van der Waals surface area contributed by atoms with Crippen LogP contribution in [0, 0.1) is 0 Å². The number of pyridine rings is 1. The van der Waals surface area contributed by atoms with Gasteiger partial charge in [-0.2, -0.15) is 0 Å². The van der Waals surface area contributed by atoms with E-state index in [9.17, 15) is 0 Å². The summed E-state index contributed by atoms with van der Waals surface area (Å²) in [4.78, 5) is 7.36. The van der Waals surface area contributed by atoms with Crippen molar-refractivity contribution >= 4 is 17.2 Å². The minimum Gasteiger partial charge on any atom is -0.362 e. The van der Waals surface area contributed by atoms with Crippen molar-refractivity contribution in [2.75, 3.05) is 6.54 Å². The van der Waals surface area contributed by atoms with E-state index in [2.05, 4.69) is 9.88 Å². The Kier molecular flexibility index (Phi) is 2.54. The van der Waals surface area contributed by atoms with Crippen molar-refractivity contribution < 1.29 is 0 Å². The highest BCUT2D eigenvalue weighted by Gasteiger charge is 2.15. The molecule has 0 radical (unpaired) electrons. The molecule has 0 N–H and O–H groups in total. The summed E-state index contributed by atoms with van der Waals surface area (Å²) in [6, 6.07) is 4.09. The molecular weight excluding hydrogens is 180 g/mol. The highest BCUT2D eigenvalue weighted by atomic mass is 32.1. The number of hydrogen-bond acceptors (Lipinski definition) is 2. The van der Waals surface area contributed by atoms with E-state index < -0.39 is 0 Å². The largest absolute Gasteiger partial charge is 0.362 e. The molecule has 1 saturated heterocycles. The quantitative estimate of drug-likeness (QED) is 0.667. The van der Waals surface area contributed by atoms with Crippen LogP contribution in [0.5, 0.6) is 0 Å². The molecule has 2 rings (SSSR count). The summed E-state index contributed by atoms with van der Waals surface area (Å²) in [5.74, 6) is 0. The standard InChI is InChI=1S/C10H12N2S/c13-10-2-1-7-12(10)8-9-3-5-11-6-4-9/h3-6H,1-2,7-8H2. The Morgan fingerprint density at radius 2 is 2.15 bits per heavy atom. The number of aromatic nitrogens is 1. The number of thiocarbonyl (C=S) groups is 1. The van der Waals surface area contributed by atoms with Crippen LogP contribution < -0.4 is 0 Å². The second kappa shape index (κ2) is 3.83. The molecule has 13 heavy (non-hydrogen) atoms. The molecule has 0 atom stereocenters. The molecule has 0 bridgehead atoms. The van der Waals surface area contributed by atoms with Crippen molar-refractivity contribution in [3.8, 4) is 0 Å². The van der Waals surface area contributed by atoms with Crippen molar-refractivity contribution in [2.45, 2.75) is 19.4 Å². The lowest BCUT2D eigenvalue weighted by Crippen LogP contribution is -2.22. The lowest BCUT2D eigenvalue weighted by Gasteiger charge is -2.17. The third kappa shape index (κ3) is 2.04. The first-order valence-corrected chi connectivity index (χ1v) is 4.94. The van der Waals surface area contributed by atoms with Gasteiger partial charge in [0, 0.05) is 25.5 Å². The van der Waals surface area contributed by atoms with E-state index >= 15 is 0 Å². The van der Waals surface area contributed by atoms with Gasteiger partial charge in [0.05, 0.1) is 4.99 Å². The Balaban J connectivity index is 2.02. The monoisotopic (exact) mass is 192 g/mol. The summed E-state index contributed by atoms with van der Waals surface area (Å²) in [6.07, 6.45) is 5.95. The van der Waals surface area contributed by atoms with E-state index in [0.717, 1.165) is 24.5 Å². The molecule has 0 aromatic carbocycles. The van der Waals surface area contributed by atoms with E-state index in [0.29, 0.717) is 0 Å². The molecule has 3 heteroatoms. The van der Waals surface area contributed by atoms with E-state index in [4.69, 9.17) is 12.2 Å². The first-order chi connectivity index (χ1) is 6.36. The van der Waals surface area contributed by atoms with Crippen LogP contribution in [0.1, 0.15) is 18.4 Å². The number of nitrogens with zero attached hydrogens (tertiary/aromatic N) is 2. The van der Waals surface area contributed by atoms with Crippen molar-refractivity contribution in [3.05, 3.63) is 30.1 Å².